The van der Waals surface area contributed by atoms with E-state index < -0.39 is 42.9 Å². The van der Waals surface area contributed by atoms with Crippen LogP contribution in [0.5, 0.6) is 5.75 Å². The molecule has 1 fully saturated rings. The van der Waals surface area contributed by atoms with Gasteiger partial charge in [0.15, 0.2) is 0 Å². The quantitative estimate of drug-likeness (QED) is 0.540. The van der Waals surface area contributed by atoms with Crippen LogP contribution >= 0.6 is 0 Å². The Morgan fingerprint density at radius 2 is 1.88 bits per heavy atom. The fraction of sp³-hybridized carbons (Fsp3) is 0.438. The van der Waals surface area contributed by atoms with Gasteiger partial charge in [0.2, 0.25) is 6.29 Å². The first-order valence-electron chi connectivity index (χ1n) is 7.42. The van der Waals surface area contributed by atoms with Gasteiger partial charge in [0.1, 0.15) is 35.7 Å². The third kappa shape index (κ3) is 3.02. The highest BCUT2D eigenvalue weighted by Crippen LogP contribution is 2.27. The van der Waals surface area contributed by atoms with Crippen LogP contribution in [0.15, 0.2) is 33.5 Å². The first kappa shape index (κ1) is 16.9. The Kier molecular flexibility index (Phi) is 4.57. The minimum Gasteiger partial charge on any atom is -0.462 e. The van der Waals surface area contributed by atoms with E-state index in [0.717, 1.165) is 10.9 Å². The maximum atomic E-state index is 11.5. The molecule has 0 saturated carbocycles. The summed E-state index contributed by atoms with van der Waals surface area (Å²) in [6, 6.07) is 6.12. The van der Waals surface area contributed by atoms with Crippen molar-refractivity contribution in [1.29, 1.82) is 0 Å². The fourth-order valence-corrected chi connectivity index (χ4v) is 2.68. The van der Waals surface area contributed by atoms with E-state index in [4.69, 9.17) is 19.0 Å². The molecule has 8 nitrogen and oxygen atoms in total. The largest absolute Gasteiger partial charge is 0.462 e. The van der Waals surface area contributed by atoms with Crippen LogP contribution in [-0.4, -0.2) is 57.7 Å². The number of hydrogen-bond donors (Lipinski definition) is 4. The molecule has 4 N–H and O–H groups in total. The summed E-state index contributed by atoms with van der Waals surface area (Å²) in [5.41, 5.74) is 0.563. The molecule has 1 aromatic carbocycles. The van der Waals surface area contributed by atoms with Gasteiger partial charge in [-0.2, -0.15) is 0 Å². The molecule has 0 spiro atoms. The van der Waals surface area contributed by atoms with Crippen molar-refractivity contribution in [3.63, 3.8) is 0 Å². The van der Waals surface area contributed by atoms with Crippen molar-refractivity contribution in [2.24, 2.45) is 0 Å². The van der Waals surface area contributed by atoms with Gasteiger partial charge in [-0.1, -0.05) is 0 Å². The van der Waals surface area contributed by atoms with Gasteiger partial charge in [-0.3, -0.25) is 0 Å². The number of aliphatic hydroxyl groups is 4. The molecule has 0 radical (unpaired) electrons. The monoisotopic (exact) mass is 338 g/mol. The predicted octanol–water partition coefficient (Wildman–Crippen LogP) is -0.720. The van der Waals surface area contributed by atoms with Crippen molar-refractivity contribution < 1.29 is 34.3 Å². The lowest BCUT2D eigenvalue weighted by Crippen LogP contribution is -2.60. The fourth-order valence-electron chi connectivity index (χ4n) is 2.68. The molecule has 3 rings (SSSR count). The molecule has 2 unspecified atom stereocenters. The number of fused-ring (bicyclic) bond motifs is 1. The van der Waals surface area contributed by atoms with Gasteiger partial charge in [0.25, 0.3) is 0 Å². The van der Waals surface area contributed by atoms with E-state index in [-0.39, 0.29) is 5.75 Å². The molecule has 2 aromatic rings. The van der Waals surface area contributed by atoms with Crippen molar-refractivity contribution in [3.05, 3.63) is 40.2 Å². The SMILES string of the molecule is Cc1cc(=O)oc2cc(O[C@H]3OC(CO)[C@H](O)[C@H](O)C3O)ccc12. The van der Waals surface area contributed by atoms with Crippen LogP contribution in [0, 0.1) is 6.92 Å². The Bertz CT molecular complexity index is 783. The second-order valence-corrected chi connectivity index (χ2v) is 5.72. The van der Waals surface area contributed by atoms with Gasteiger partial charge >= 0.3 is 5.63 Å². The molecule has 0 bridgehead atoms. The number of ether oxygens (including phenoxy) is 2. The average Bonchev–Trinajstić information content (AvgIpc) is 2.55. The molecule has 5 atom stereocenters. The number of aliphatic hydroxyl groups excluding tert-OH is 4. The summed E-state index contributed by atoms with van der Waals surface area (Å²) in [5, 5.41) is 39.4. The van der Waals surface area contributed by atoms with E-state index in [2.05, 4.69) is 0 Å². The van der Waals surface area contributed by atoms with Crippen LogP contribution in [0.3, 0.4) is 0 Å². The molecule has 1 aliphatic rings. The Labute approximate surface area is 136 Å². The van der Waals surface area contributed by atoms with E-state index in [0.29, 0.717) is 5.58 Å². The summed E-state index contributed by atoms with van der Waals surface area (Å²) in [5.74, 6) is 0.237. The molecule has 0 aliphatic carbocycles. The molecule has 2 heterocycles. The maximum Gasteiger partial charge on any atom is 0.336 e. The van der Waals surface area contributed by atoms with Gasteiger partial charge in [0, 0.05) is 17.5 Å². The predicted molar refractivity (Wildman–Crippen MR) is 81.6 cm³/mol. The smallest absolute Gasteiger partial charge is 0.336 e. The lowest BCUT2D eigenvalue weighted by Gasteiger charge is -2.39. The number of benzene rings is 1. The summed E-state index contributed by atoms with van der Waals surface area (Å²) >= 11 is 0. The lowest BCUT2D eigenvalue weighted by molar-refractivity contribution is -0.277. The summed E-state index contributed by atoms with van der Waals surface area (Å²) in [6.07, 6.45) is -6.85. The van der Waals surface area contributed by atoms with Crippen LogP contribution in [-0.2, 0) is 4.74 Å². The number of rotatable bonds is 3. The van der Waals surface area contributed by atoms with Crippen molar-refractivity contribution in [3.8, 4) is 5.75 Å². The molecule has 1 aromatic heterocycles. The molecule has 24 heavy (non-hydrogen) atoms. The molecule has 0 amide bonds. The zero-order valence-electron chi connectivity index (χ0n) is 12.8. The zero-order chi connectivity index (χ0) is 17.4. The van der Waals surface area contributed by atoms with Gasteiger partial charge < -0.3 is 34.3 Å². The first-order valence-corrected chi connectivity index (χ1v) is 7.42. The maximum absolute atomic E-state index is 11.5. The van der Waals surface area contributed by atoms with Crippen LogP contribution in [0.1, 0.15) is 5.56 Å². The Hall–Kier alpha value is -1.97. The number of hydrogen-bond acceptors (Lipinski definition) is 8. The minimum atomic E-state index is -1.53. The third-order valence-electron chi connectivity index (χ3n) is 4.02. The normalized spacial score (nSPS) is 30.5. The van der Waals surface area contributed by atoms with Crippen molar-refractivity contribution in [2.75, 3.05) is 6.61 Å². The molecule has 1 saturated heterocycles. The molecular formula is C16H18O8. The Morgan fingerprint density at radius 3 is 2.58 bits per heavy atom. The van der Waals surface area contributed by atoms with E-state index in [1.165, 1.54) is 12.1 Å². The second-order valence-electron chi connectivity index (χ2n) is 5.72. The van der Waals surface area contributed by atoms with Gasteiger partial charge in [-0.05, 0) is 24.6 Å². The molecule has 1 aliphatic heterocycles. The zero-order valence-corrected chi connectivity index (χ0v) is 12.8. The van der Waals surface area contributed by atoms with Crippen LogP contribution in [0.25, 0.3) is 11.0 Å². The van der Waals surface area contributed by atoms with Crippen molar-refractivity contribution >= 4 is 11.0 Å². The van der Waals surface area contributed by atoms with Crippen molar-refractivity contribution in [2.45, 2.75) is 37.6 Å². The van der Waals surface area contributed by atoms with Crippen LogP contribution < -0.4 is 10.4 Å². The van der Waals surface area contributed by atoms with Gasteiger partial charge in [-0.25, -0.2) is 4.79 Å². The lowest BCUT2D eigenvalue weighted by atomic mass is 9.99. The van der Waals surface area contributed by atoms with E-state index >= 15 is 0 Å². The van der Waals surface area contributed by atoms with Gasteiger partial charge in [-0.15, -0.1) is 0 Å². The average molecular weight is 338 g/mol. The standard InChI is InChI=1S/C16H18O8/c1-7-4-12(18)23-10-5-8(2-3-9(7)10)22-16-15(21)14(20)13(19)11(6-17)24-16/h2-5,11,13-17,19-21H,6H2,1H3/t11?,13-,14-,15?,16-/m0/s1. The summed E-state index contributed by atoms with van der Waals surface area (Å²) in [6.45, 7) is 1.23. The first-order chi connectivity index (χ1) is 11.4. The Morgan fingerprint density at radius 1 is 1.12 bits per heavy atom. The van der Waals surface area contributed by atoms with Crippen molar-refractivity contribution in [1.82, 2.24) is 0 Å². The van der Waals surface area contributed by atoms with E-state index in [1.54, 1.807) is 19.1 Å². The number of aryl methyl sites for hydroxylation is 1. The molecule has 130 valence electrons. The van der Waals surface area contributed by atoms with E-state index in [1.807, 2.05) is 0 Å². The molecular weight excluding hydrogens is 320 g/mol. The highest BCUT2D eigenvalue weighted by Gasteiger charge is 2.44. The summed E-state index contributed by atoms with van der Waals surface area (Å²) in [7, 11) is 0. The molecule has 8 heteroatoms. The van der Waals surface area contributed by atoms with Gasteiger partial charge in [0.05, 0.1) is 6.61 Å². The highest BCUT2D eigenvalue weighted by atomic mass is 16.7. The summed E-state index contributed by atoms with van der Waals surface area (Å²) in [4.78, 5) is 11.5. The third-order valence-corrected chi connectivity index (χ3v) is 4.02. The summed E-state index contributed by atoms with van der Waals surface area (Å²) < 4.78 is 15.9. The highest BCUT2D eigenvalue weighted by molar-refractivity contribution is 5.81. The van der Waals surface area contributed by atoms with Crippen LogP contribution in [0.4, 0.5) is 0 Å². The second kappa shape index (κ2) is 6.50. The minimum absolute atomic E-state index is 0.237. The Balaban J connectivity index is 1.87. The van der Waals surface area contributed by atoms with E-state index in [9.17, 15) is 20.1 Å². The topological polar surface area (TPSA) is 130 Å². The van der Waals surface area contributed by atoms with Crippen LogP contribution in [0.2, 0.25) is 0 Å².